The zero-order chi connectivity index (χ0) is 17.2. The van der Waals surface area contributed by atoms with Gasteiger partial charge in [0.25, 0.3) is 0 Å². The number of halogens is 1. The van der Waals surface area contributed by atoms with Crippen molar-refractivity contribution in [2.24, 2.45) is 0 Å². The lowest BCUT2D eigenvalue weighted by Gasteiger charge is -2.11. The second-order valence-electron chi connectivity index (χ2n) is 4.26. The maximum absolute atomic E-state index is 12.2. The van der Waals surface area contributed by atoms with Crippen LogP contribution >= 0.6 is 11.6 Å². The second-order valence-corrected chi connectivity index (χ2v) is 6.18. The van der Waals surface area contributed by atoms with Gasteiger partial charge in [0.15, 0.2) is 5.75 Å². The maximum atomic E-state index is 12.2. The van der Waals surface area contributed by atoms with Gasteiger partial charge in [0.05, 0.1) is 10.6 Å². The van der Waals surface area contributed by atoms with Crippen molar-refractivity contribution in [1.29, 1.82) is 0 Å². The molecule has 0 aliphatic rings. The zero-order valence-electron chi connectivity index (χ0n) is 11.3. The lowest BCUT2D eigenvalue weighted by Crippen LogP contribution is -2.15. The molecule has 0 aromatic heterocycles. The summed E-state index contributed by atoms with van der Waals surface area (Å²) in [7, 11) is -4.43. The third-order valence-electron chi connectivity index (χ3n) is 2.78. The second kappa shape index (κ2) is 6.27. The van der Waals surface area contributed by atoms with E-state index in [4.69, 9.17) is 26.0 Å². The summed E-state index contributed by atoms with van der Waals surface area (Å²) in [6.07, 6.45) is 0. The number of rotatable bonds is 5. The first kappa shape index (κ1) is 16.8. The molecule has 0 aliphatic carbocycles. The highest BCUT2D eigenvalue weighted by Crippen LogP contribution is 2.28. The molecular weight excluding hydrogens is 348 g/mol. The first-order chi connectivity index (χ1) is 10.7. The lowest BCUT2D eigenvalue weighted by molar-refractivity contribution is 0.0649. The van der Waals surface area contributed by atoms with E-state index in [9.17, 15) is 18.0 Å². The molecule has 0 fully saturated rings. The summed E-state index contributed by atoms with van der Waals surface area (Å²) in [6, 6.07) is 8.67. The molecule has 9 heteroatoms. The molecule has 2 rings (SSSR count). The minimum Gasteiger partial charge on any atom is -0.478 e. The Kier molecular flexibility index (Phi) is 4.57. The van der Waals surface area contributed by atoms with Crippen molar-refractivity contribution < 1.29 is 32.4 Å². The standard InChI is InChI=1S/C14H9ClO7S/c15-9-5-1-2-7-11(9)23(20,21)22-10-6-3-4-8(13(16)17)12(10)14(18)19/h1-7H,(H,16,17)(H,18,19). The van der Waals surface area contributed by atoms with E-state index in [-0.39, 0.29) is 9.92 Å². The van der Waals surface area contributed by atoms with E-state index in [1.165, 1.54) is 30.3 Å². The Bertz CT molecular complexity index is 890. The summed E-state index contributed by atoms with van der Waals surface area (Å²) < 4.78 is 29.3. The van der Waals surface area contributed by atoms with E-state index in [1.54, 1.807) is 0 Å². The van der Waals surface area contributed by atoms with Crippen LogP contribution in [0.1, 0.15) is 20.7 Å². The van der Waals surface area contributed by atoms with Gasteiger partial charge in [-0.2, -0.15) is 8.42 Å². The Morgan fingerprint density at radius 3 is 2.17 bits per heavy atom. The highest BCUT2D eigenvalue weighted by atomic mass is 35.5. The van der Waals surface area contributed by atoms with Gasteiger partial charge in [0.1, 0.15) is 10.5 Å². The number of carbonyl (C=O) groups is 2. The molecule has 0 aliphatic heterocycles. The molecule has 0 atom stereocenters. The molecule has 0 amide bonds. The smallest absolute Gasteiger partial charge is 0.340 e. The molecule has 2 aromatic carbocycles. The van der Waals surface area contributed by atoms with Gasteiger partial charge in [-0.05, 0) is 24.3 Å². The Morgan fingerprint density at radius 1 is 0.957 bits per heavy atom. The molecule has 0 spiro atoms. The van der Waals surface area contributed by atoms with Gasteiger partial charge in [-0.15, -0.1) is 0 Å². The monoisotopic (exact) mass is 356 g/mol. The summed E-state index contributed by atoms with van der Waals surface area (Å²) in [4.78, 5) is 22.0. The Labute approximate surface area is 135 Å². The van der Waals surface area contributed by atoms with Gasteiger partial charge in [-0.25, -0.2) is 9.59 Å². The van der Waals surface area contributed by atoms with Gasteiger partial charge in [0, 0.05) is 0 Å². The number of hydrogen-bond donors (Lipinski definition) is 2. The van der Waals surface area contributed by atoms with Crippen molar-refractivity contribution in [3.8, 4) is 5.75 Å². The molecule has 120 valence electrons. The van der Waals surface area contributed by atoms with Gasteiger partial charge in [0.2, 0.25) is 0 Å². The zero-order valence-corrected chi connectivity index (χ0v) is 12.8. The minimum absolute atomic E-state index is 0.112. The third kappa shape index (κ3) is 3.43. The topological polar surface area (TPSA) is 118 Å². The van der Waals surface area contributed by atoms with E-state index in [0.717, 1.165) is 12.1 Å². The number of benzene rings is 2. The van der Waals surface area contributed by atoms with E-state index < -0.39 is 38.9 Å². The van der Waals surface area contributed by atoms with Crippen molar-refractivity contribution in [3.05, 3.63) is 58.6 Å². The van der Waals surface area contributed by atoms with Gasteiger partial charge >= 0.3 is 22.1 Å². The van der Waals surface area contributed by atoms with Gasteiger partial charge in [-0.3, -0.25) is 0 Å². The van der Waals surface area contributed by atoms with Crippen LogP contribution in [0.25, 0.3) is 0 Å². The van der Waals surface area contributed by atoms with Crippen LogP contribution < -0.4 is 4.18 Å². The van der Waals surface area contributed by atoms with E-state index in [2.05, 4.69) is 0 Å². The average molecular weight is 357 g/mol. The van der Waals surface area contributed by atoms with Crippen molar-refractivity contribution in [3.63, 3.8) is 0 Å². The predicted molar refractivity (Wildman–Crippen MR) is 79.6 cm³/mol. The lowest BCUT2D eigenvalue weighted by atomic mass is 10.1. The summed E-state index contributed by atoms with van der Waals surface area (Å²) >= 11 is 5.79. The van der Waals surface area contributed by atoms with Gasteiger partial charge in [-0.1, -0.05) is 29.8 Å². The SMILES string of the molecule is O=C(O)c1cccc(OS(=O)(=O)c2ccccc2Cl)c1C(=O)O. The van der Waals surface area contributed by atoms with Crippen LogP contribution in [-0.2, 0) is 10.1 Å². The molecule has 0 saturated heterocycles. The first-order valence-corrected chi connectivity index (χ1v) is 7.81. The summed E-state index contributed by atoms with van der Waals surface area (Å²) in [5.74, 6) is -3.77. The normalized spacial score (nSPS) is 11.0. The number of carboxylic acids is 2. The number of hydrogen-bond acceptors (Lipinski definition) is 5. The van der Waals surface area contributed by atoms with Crippen LogP contribution in [0.15, 0.2) is 47.4 Å². The van der Waals surface area contributed by atoms with Crippen molar-refractivity contribution in [2.45, 2.75) is 4.90 Å². The van der Waals surface area contributed by atoms with Crippen LogP contribution in [0.4, 0.5) is 0 Å². The summed E-state index contributed by atoms with van der Waals surface area (Å²) in [5.41, 5.74) is -1.36. The predicted octanol–water partition coefficient (Wildman–Crippen LogP) is 2.50. The van der Waals surface area contributed by atoms with Crippen LogP contribution in [0.5, 0.6) is 5.75 Å². The largest absolute Gasteiger partial charge is 0.478 e. The van der Waals surface area contributed by atoms with Crippen LogP contribution in [0, 0.1) is 0 Å². The molecule has 2 N–H and O–H groups in total. The average Bonchev–Trinajstić information content (AvgIpc) is 2.46. The van der Waals surface area contributed by atoms with Crippen molar-refractivity contribution in [1.82, 2.24) is 0 Å². The van der Waals surface area contributed by atoms with E-state index in [0.29, 0.717) is 0 Å². The summed E-state index contributed by atoms with van der Waals surface area (Å²) in [6.45, 7) is 0. The maximum Gasteiger partial charge on any atom is 0.340 e. The van der Waals surface area contributed by atoms with Crippen LogP contribution in [-0.4, -0.2) is 30.6 Å². The van der Waals surface area contributed by atoms with E-state index in [1.807, 2.05) is 0 Å². The number of carboxylic acid groups (broad SMARTS) is 2. The molecule has 7 nitrogen and oxygen atoms in total. The van der Waals surface area contributed by atoms with Crippen molar-refractivity contribution in [2.75, 3.05) is 0 Å². The molecular formula is C14H9ClO7S. The summed E-state index contributed by atoms with van der Waals surface area (Å²) in [5, 5.41) is 18.0. The molecule has 0 heterocycles. The molecule has 0 unspecified atom stereocenters. The Hall–Kier alpha value is -2.58. The molecule has 23 heavy (non-hydrogen) atoms. The van der Waals surface area contributed by atoms with Crippen LogP contribution in [0.2, 0.25) is 5.02 Å². The fraction of sp³-hybridized carbons (Fsp3) is 0. The highest BCUT2D eigenvalue weighted by molar-refractivity contribution is 7.87. The molecule has 0 saturated carbocycles. The molecule has 0 radical (unpaired) electrons. The quantitative estimate of drug-likeness (QED) is 0.790. The molecule has 0 bridgehead atoms. The first-order valence-electron chi connectivity index (χ1n) is 6.02. The van der Waals surface area contributed by atoms with Crippen LogP contribution in [0.3, 0.4) is 0 Å². The minimum atomic E-state index is -4.43. The number of aromatic carboxylic acids is 2. The molecule has 2 aromatic rings. The van der Waals surface area contributed by atoms with E-state index >= 15 is 0 Å². The highest BCUT2D eigenvalue weighted by Gasteiger charge is 2.26. The third-order valence-corrected chi connectivity index (χ3v) is 4.51. The fourth-order valence-electron chi connectivity index (χ4n) is 1.81. The van der Waals surface area contributed by atoms with Gasteiger partial charge < -0.3 is 14.4 Å². The fourth-order valence-corrected chi connectivity index (χ4v) is 3.25. The van der Waals surface area contributed by atoms with Crippen molar-refractivity contribution >= 4 is 33.7 Å². The Balaban J connectivity index is 2.57. The Morgan fingerprint density at radius 2 is 1.61 bits per heavy atom.